The molecule has 182 valence electrons. The smallest absolute Gasteiger partial charge is 0.731 e. The Kier molecular flexibility index (Phi) is 11.6. The van der Waals surface area contributed by atoms with Gasteiger partial charge in [-0.25, -0.2) is 17.7 Å². The molecule has 1 aromatic rings. The summed E-state index contributed by atoms with van der Waals surface area (Å²) in [6.45, 7) is 1.05. The van der Waals surface area contributed by atoms with E-state index in [1.165, 1.54) is 5.38 Å². The molecule has 0 bridgehead atoms. The third-order valence-corrected chi connectivity index (χ3v) is 6.13. The van der Waals surface area contributed by atoms with Gasteiger partial charge in [0, 0.05) is 18.7 Å². The van der Waals surface area contributed by atoms with Crippen molar-refractivity contribution in [3.05, 3.63) is 11.1 Å². The predicted molar refractivity (Wildman–Crippen MR) is 113 cm³/mol. The third kappa shape index (κ3) is 7.74. The summed E-state index contributed by atoms with van der Waals surface area (Å²) in [6, 6.07) is -2.93. The van der Waals surface area contributed by atoms with Gasteiger partial charge in [-0.3, -0.25) is 19.2 Å². The fourth-order valence-corrected chi connectivity index (χ4v) is 4.66. The fraction of sp³-hybridized carbons (Fsp3) is 0.467. The average molecular weight is 568 g/mol. The molecule has 1 aliphatic heterocycles. The number of nitrogens with zero attached hydrogens (tertiary/aromatic N) is 3. The minimum absolute atomic E-state index is 0. The van der Waals surface area contributed by atoms with Gasteiger partial charge >= 0.3 is 35.5 Å². The van der Waals surface area contributed by atoms with Gasteiger partial charge in [0.1, 0.15) is 24.7 Å². The second-order valence-corrected chi connectivity index (χ2v) is 9.07. The molecule has 14 nitrogen and oxygen atoms in total. The Balaban J connectivity index is 0.00000578. The van der Waals surface area contributed by atoms with Crippen molar-refractivity contribution in [1.29, 1.82) is 0 Å². The number of esters is 1. The molecule has 0 aromatic carbocycles. The summed E-state index contributed by atoms with van der Waals surface area (Å²) in [6.07, 6.45) is -0.471. The van der Waals surface area contributed by atoms with Crippen molar-refractivity contribution in [2.24, 2.45) is 5.16 Å². The molecule has 0 aliphatic carbocycles. The van der Waals surface area contributed by atoms with Crippen LogP contribution in [0.3, 0.4) is 0 Å². The number of carbonyl (C=O) groups is 4. The SMILES string of the molecule is CON=C(C(=O)N[C@H]1C(=O)N(S(=O)(=O)[O-])[C@H]1CC(Cl)OC(C)=O)c1csc(NC(=O)CCl)n1.[Na+]. The second kappa shape index (κ2) is 13.0. The quantitative estimate of drug-likeness (QED) is 0.0540. The summed E-state index contributed by atoms with van der Waals surface area (Å²) in [5.74, 6) is -3.89. The van der Waals surface area contributed by atoms with Gasteiger partial charge in [0.2, 0.25) is 5.91 Å². The molecular weight excluding hydrogens is 552 g/mol. The zero-order chi connectivity index (χ0) is 24.9. The molecular formula is C15H16Cl2N5NaO9S2. The van der Waals surface area contributed by atoms with E-state index in [0.29, 0.717) is 0 Å². The van der Waals surface area contributed by atoms with Crippen LogP contribution in [0.25, 0.3) is 0 Å². The van der Waals surface area contributed by atoms with E-state index < -0.39 is 63.8 Å². The first kappa shape index (κ1) is 30.5. The van der Waals surface area contributed by atoms with Crippen LogP contribution in [0, 0.1) is 0 Å². The van der Waals surface area contributed by atoms with Gasteiger partial charge in [0.05, 0.1) is 6.04 Å². The summed E-state index contributed by atoms with van der Waals surface area (Å²) in [7, 11) is -4.10. The van der Waals surface area contributed by atoms with Crippen LogP contribution in [-0.4, -0.2) is 82.3 Å². The molecule has 1 aromatic heterocycles. The number of amides is 3. The number of oxime groups is 1. The van der Waals surface area contributed by atoms with Crippen LogP contribution >= 0.6 is 34.5 Å². The number of alkyl halides is 2. The largest absolute Gasteiger partial charge is 1.00 e. The molecule has 1 saturated heterocycles. The van der Waals surface area contributed by atoms with Crippen molar-refractivity contribution < 1.29 is 71.3 Å². The number of carbonyl (C=O) groups excluding carboxylic acids is 4. The fourth-order valence-electron chi connectivity index (χ4n) is 2.70. The molecule has 1 fully saturated rings. The summed E-state index contributed by atoms with van der Waals surface area (Å²) >= 11 is 12.2. The molecule has 34 heavy (non-hydrogen) atoms. The second-order valence-electron chi connectivity index (χ2n) is 6.21. The first-order valence-corrected chi connectivity index (χ1v) is 11.9. The number of β-lactam (4-membered cyclic amide) rings is 1. The van der Waals surface area contributed by atoms with E-state index in [1.54, 1.807) is 0 Å². The molecule has 3 atom stereocenters. The maximum Gasteiger partial charge on any atom is 1.00 e. The normalized spacial score (nSPS) is 18.8. The van der Waals surface area contributed by atoms with Crippen LogP contribution in [0.1, 0.15) is 19.0 Å². The van der Waals surface area contributed by atoms with E-state index in [0.717, 1.165) is 25.4 Å². The van der Waals surface area contributed by atoms with Crippen molar-refractivity contribution >= 4 is 79.4 Å². The molecule has 2 N–H and O–H groups in total. The molecule has 19 heteroatoms. The number of anilines is 1. The molecule has 1 unspecified atom stereocenters. The number of rotatable bonds is 10. The Morgan fingerprint density at radius 2 is 2.06 bits per heavy atom. The van der Waals surface area contributed by atoms with E-state index in [1.807, 2.05) is 0 Å². The van der Waals surface area contributed by atoms with Crippen LogP contribution in [0.5, 0.6) is 0 Å². The predicted octanol–water partition coefficient (Wildman–Crippen LogP) is -3.65. The van der Waals surface area contributed by atoms with Crippen molar-refractivity contribution in [1.82, 2.24) is 14.6 Å². The standard InChI is InChI=1S/C15H17Cl2N5O9S2.Na/c1-6(23)31-9(17)3-8-12(14(26)22(8)33(27,28)29)20-13(25)11(21-30-2)7-5-32-15(18-7)19-10(24)4-16;/h5,8-9,12H,3-4H2,1-2H3,(H,20,25)(H,18,19,24)(H,27,28,29);/q;+1/p-1/t8-,9?,12+;/m0./s1. The van der Waals surface area contributed by atoms with Gasteiger partial charge in [-0.2, -0.15) is 0 Å². The summed E-state index contributed by atoms with van der Waals surface area (Å²) < 4.78 is 39.0. The van der Waals surface area contributed by atoms with Gasteiger partial charge in [0.25, 0.3) is 11.8 Å². The molecule has 0 spiro atoms. The summed E-state index contributed by atoms with van der Waals surface area (Å²) in [5, 5.41) is 9.61. The Morgan fingerprint density at radius 1 is 1.41 bits per heavy atom. The Labute approximate surface area is 229 Å². The Hall–Kier alpha value is -1.53. The number of nitrogens with one attached hydrogen (secondary N) is 2. The van der Waals surface area contributed by atoms with Crippen LogP contribution in [0.2, 0.25) is 0 Å². The van der Waals surface area contributed by atoms with Crippen molar-refractivity contribution in [3.63, 3.8) is 0 Å². The van der Waals surface area contributed by atoms with Crippen LogP contribution < -0.4 is 40.2 Å². The van der Waals surface area contributed by atoms with Crippen molar-refractivity contribution in [3.8, 4) is 0 Å². The average Bonchev–Trinajstić information content (AvgIpc) is 3.15. The van der Waals surface area contributed by atoms with Gasteiger partial charge in [0.15, 0.2) is 26.7 Å². The maximum absolute atomic E-state index is 12.8. The maximum atomic E-state index is 12.8. The monoisotopic (exact) mass is 567 g/mol. The van der Waals surface area contributed by atoms with Gasteiger partial charge < -0.3 is 24.8 Å². The summed E-state index contributed by atoms with van der Waals surface area (Å²) in [4.78, 5) is 56.1. The van der Waals surface area contributed by atoms with Crippen LogP contribution in [0.4, 0.5) is 5.13 Å². The Morgan fingerprint density at radius 3 is 2.59 bits per heavy atom. The number of ether oxygens (including phenoxy) is 1. The van der Waals surface area contributed by atoms with E-state index in [-0.39, 0.29) is 50.6 Å². The zero-order valence-electron chi connectivity index (χ0n) is 17.8. The minimum atomic E-state index is -5.23. The Bertz CT molecular complexity index is 1080. The molecule has 1 aliphatic rings. The number of halogens is 2. The van der Waals surface area contributed by atoms with E-state index in [4.69, 9.17) is 23.2 Å². The van der Waals surface area contributed by atoms with Crippen molar-refractivity contribution in [2.45, 2.75) is 31.0 Å². The molecule has 0 radical (unpaired) electrons. The van der Waals surface area contributed by atoms with Crippen molar-refractivity contribution in [2.75, 3.05) is 18.3 Å². The minimum Gasteiger partial charge on any atom is -0.731 e. The van der Waals surface area contributed by atoms with Gasteiger partial charge in [-0.1, -0.05) is 16.8 Å². The molecule has 2 heterocycles. The zero-order valence-corrected chi connectivity index (χ0v) is 23.0. The number of aromatic nitrogens is 1. The number of hydrogen-bond donors (Lipinski definition) is 2. The van der Waals surface area contributed by atoms with E-state index >= 15 is 0 Å². The molecule has 0 saturated carbocycles. The molecule has 3 amide bonds. The summed E-state index contributed by atoms with van der Waals surface area (Å²) in [5.41, 5.74) is -1.85. The van der Waals surface area contributed by atoms with Gasteiger partial charge in [-0.15, -0.1) is 22.9 Å². The number of hydrogen-bond acceptors (Lipinski definition) is 12. The van der Waals surface area contributed by atoms with Gasteiger partial charge in [-0.05, 0) is 0 Å². The van der Waals surface area contributed by atoms with E-state index in [9.17, 15) is 32.1 Å². The molecule has 2 rings (SSSR count). The van der Waals surface area contributed by atoms with E-state index in [2.05, 4.69) is 30.3 Å². The van der Waals surface area contributed by atoms with Crippen LogP contribution in [-0.2, 0) is 39.1 Å². The first-order chi connectivity index (χ1) is 15.4. The number of thiazole rings is 1. The van der Waals surface area contributed by atoms with Crippen LogP contribution in [0.15, 0.2) is 10.5 Å². The topological polar surface area (TPSA) is 196 Å². The first-order valence-electron chi connectivity index (χ1n) is 8.73. The third-order valence-electron chi connectivity index (χ3n) is 3.93.